The van der Waals surface area contributed by atoms with Crippen LogP contribution in [-0.4, -0.2) is 0 Å². The molecule has 0 saturated carbocycles. The topological polar surface area (TPSA) is 0 Å². The molecule has 0 amide bonds. The maximum absolute atomic E-state index is 13.7. The Bertz CT molecular complexity index is 556. The average Bonchev–Trinajstić information content (AvgIpc) is 2.21. The summed E-state index contributed by atoms with van der Waals surface area (Å²) in [6, 6.07) is 7.13. The molecule has 0 unspecified atom stereocenters. The van der Waals surface area contributed by atoms with Crippen molar-refractivity contribution in [1.82, 2.24) is 0 Å². The predicted molar refractivity (Wildman–Crippen MR) is 63.0 cm³/mol. The van der Waals surface area contributed by atoms with Crippen molar-refractivity contribution < 1.29 is 13.2 Å². The van der Waals surface area contributed by atoms with Crippen LogP contribution >= 0.6 is 15.9 Å². The van der Waals surface area contributed by atoms with E-state index in [9.17, 15) is 13.2 Å². The first kappa shape index (κ1) is 12.2. The molecule has 0 aliphatic heterocycles. The van der Waals surface area contributed by atoms with E-state index in [0.717, 1.165) is 24.3 Å². The van der Waals surface area contributed by atoms with Gasteiger partial charge in [0.25, 0.3) is 0 Å². The van der Waals surface area contributed by atoms with Gasteiger partial charge < -0.3 is 0 Å². The predicted octanol–water partition coefficient (Wildman–Crippen LogP) is 4.64. The average molecular weight is 300 g/mol. The maximum atomic E-state index is 13.7. The molecular weight excluding hydrogens is 293 g/mol. The minimum atomic E-state index is -0.737. The van der Waals surface area contributed by atoms with Gasteiger partial charge in [0.05, 0.1) is 5.56 Å². The molecule has 4 heteroatoms. The van der Waals surface area contributed by atoms with Crippen molar-refractivity contribution >= 4 is 15.9 Å². The minimum absolute atomic E-state index is 0.174. The van der Waals surface area contributed by atoms with Gasteiger partial charge in [0, 0.05) is 4.47 Å². The normalized spacial score (nSPS) is 10.6. The van der Waals surface area contributed by atoms with Gasteiger partial charge >= 0.3 is 0 Å². The second-order valence-corrected chi connectivity index (χ2v) is 4.52. The fourth-order valence-electron chi connectivity index (χ4n) is 1.60. The van der Waals surface area contributed by atoms with Gasteiger partial charge in [0.15, 0.2) is 0 Å². The largest absolute Gasteiger partial charge is 0.207 e. The highest BCUT2D eigenvalue weighted by Crippen LogP contribution is 2.31. The summed E-state index contributed by atoms with van der Waals surface area (Å²) < 4.78 is 40.8. The molecule has 0 saturated heterocycles. The van der Waals surface area contributed by atoms with Gasteiger partial charge in [-0.25, -0.2) is 13.2 Å². The monoisotopic (exact) mass is 299 g/mol. The molecule has 17 heavy (non-hydrogen) atoms. The molecule has 2 aromatic carbocycles. The van der Waals surface area contributed by atoms with Crippen molar-refractivity contribution in [3.63, 3.8) is 0 Å². The fraction of sp³-hybridized carbons (Fsp3) is 0.0769. The second kappa shape index (κ2) is 4.53. The van der Waals surface area contributed by atoms with Crippen molar-refractivity contribution in [2.45, 2.75) is 6.92 Å². The van der Waals surface area contributed by atoms with E-state index in [2.05, 4.69) is 22.0 Å². The smallest absolute Gasteiger partial charge is 0.135 e. The van der Waals surface area contributed by atoms with Crippen molar-refractivity contribution in [3.8, 4) is 11.1 Å². The lowest BCUT2D eigenvalue weighted by Gasteiger charge is -2.09. The quantitative estimate of drug-likeness (QED) is 0.719. The van der Waals surface area contributed by atoms with Crippen LogP contribution in [0.4, 0.5) is 13.2 Å². The van der Waals surface area contributed by atoms with Crippen molar-refractivity contribution in [1.29, 1.82) is 0 Å². The van der Waals surface area contributed by atoms with Crippen LogP contribution in [0.1, 0.15) is 5.56 Å². The van der Waals surface area contributed by atoms with Crippen LogP contribution < -0.4 is 0 Å². The van der Waals surface area contributed by atoms with Crippen molar-refractivity contribution in [2.75, 3.05) is 0 Å². The third kappa shape index (κ3) is 2.36. The molecule has 0 nitrogen and oxygen atoms in total. The standard InChI is InChI=1S/C13H7BrF3/c1-7-2-3-9(15)6-10(7)13-11(16)4-8(14)5-12(13)17/h3-6H,1H3. The molecule has 0 N–H and O–H groups in total. The Hall–Kier alpha value is -1.29. The second-order valence-electron chi connectivity index (χ2n) is 3.60. The molecule has 0 bridgehead atoms. The summed E-state index contributed by atoms with van der Waals surface area (Å²) in [5, 5.41) is 0. The van der Waals surface area contributed by atoms with Crippen LogP contribution in [0.2, 0.25) is 0 Å². The summed E-state index contributed by atoms with van der Waals surface area (Å²) in [6.07, 6.45) is 0. The van der Waals surface area contributed by atoms with Crippen molar-refractivity contribution in [2.24, 2.45) is 0 Å². The number of hydrogen-bond donors (Lipinski definition) is 0. The molecule has 2 aromatic rings. The molecule has 1 radical (unpaired) electrons. The third-order valence-electron chi connectivity index (χ3n) is 2.39. The van der Waals surface area contributed by atoms with E-state index < -0.39 is 17.5 Å². The molecule has 87 valence electrons. The SMILES string of the molecule is Cc1[c]cc(F)cc1-c1c(F)cc(Br)cc1F. The molecule has 0 aliphatic rings. The Balaban J connectivity index is 2.72. The Morgan fingerprint density at radius 3 is 2.24 bits per heavy atom. The summed E-state index contributed by atoms with van der Waals surface area (Å²) in [7, 11) is 0. The van der Waals surface area contributed by atoms with Crippen LogP contribution in [-0.2, 0) is 0 Å². The van der Waals surface area contributed by atoms with E-state index >= 15 is 0 Å². The fourth-order valence-corrected chi connectivity index (χ4v) is 2.00. The van der Waals surface area contributed by atoms with Gasteiger partial charge in [0.2, 0.25) is 0 Å². The molecule has 2 rings (SSSR count). The lowest BCUT2D eigenvalue weighted by molar-refractivity contribution is 0.587. The van der Waals surface area contributed by atoms with Gasteiger partial charge in [-0.15, -0.1) is 0 Å². The Kier molecular flexibility index (Phi) is 3.24. The highest BCUT2D eigenvalue weighted by Gasteiger charge is 2.15. The van der Waals surface area contributed by atoms with E-state index in [1.165, 1.54) is 0 Å². The van der Waals surface area contributed by atoms with E-state index in [-0.39, 0.29) is 11.1 Å². The molecule has 0 heterocycles. The zero-order chi connectivity index (χ0) is 12.6. The maximum Gasteiger partial charge on any atom is 0.135 e. The summed E-state index contributed by atoms with van der Waals surface area (Å²) in [5.41, 5.74) is 0.431. The lowest BCUT2D eigenvalue weighted by Crippen LogP contribution is -1.94. The van der Waals surface area contributed by atoms with Crippen molar-refractivity contribution in [3.05, 3.63) is 57.8 Å². The number of benzene rings is 2. The number of aryl methyl sites for hydroxylation is 1. The van der Waals surface area contributed by atoms with Crippen LogP contribution in [0.15, 0.2) is 28.7 Å². The van der Waals surface area contributed by atoms with Gasteiger partial charge in [-0.2, -0.15) is 0 Å². The van der Waals surface area contributed by atoms with Gasteiger partial charge in [-0.05, 0) is 48.4 Å². The summed E-state index contributed by atoms with van der Waals surface area (Å²) in [6.45, 7) is 1.62. The Labute approximate surface area is 105 Å². The van der Waals surface area contributed by atoms with E-state index in [0.29, 0.717) is 10.0 Å². The highest BCUT2D eigenvalue weighted by molar-refractivity contribution is 9.10. The van der Waals surface area contributed by atoms with Crippen LogP contribution in [0, 0.1) is 30.4 Å². The molecule has 0 aromatic heterocycles. The first-order valence-corrected chi connectivity index (χ1v) is 5.61. The minimum Gasteiger partial charge on any atom is -0.207 e. The lowest BCUT2D eigenvalue weighted by atomic mass is 9.99. The molecule has 0 aliphatic carbocycles. The van der Waals surface area contributed by atoms with E-state index in [4.69, 9.17) is 0 Å². The Morgan fingerprint density at radius 2 is 1.65 bits per heavy atom. The third-order valence-corrected chi connectivity index (χ3v) is 2.85. The zero-order valence-electron chi connectivity index (χ0n) is 8.82. The van der Waals surface area contributed by atoms with Gasteiger partial charge in [0.1, 0.15) is 17.5 Å². The summed E-state index contributed by atoms with van der Waals surface area (Å²) >= 11 is 2.99. The summed E-state index contributed by atoms with van der Waals surface area (Å²) in [4.78, 5) is 0. The zero-order valence-corrected chi connectivity index (χ0v) is 10.4. The molecular formula is C13H7BrF3. The molecule has 0 atom stereocenters. The first-order chi connectivity index (χ1) is 7.99. The van der Waals surface area contributed by atoms with E-state index in [1.807, 2.05) is 0 Å². The van der Waals surface area contributed by atoms with Gasteiger partial charge in [-0.1, -0.05) is 15.9 Å². The number of rotatable bonds is 1. The van der Waals surface area contributed by atoms with E-state index in [1.54, 1.807) is 6.92 Å². The number of halogens is 4. The highest BCUT2D eigenvalue weighted by atomic mass is 79.9. The van der Waals surface area contributed by atoms with Crippen LogP contribution in [0.3, 0.4) is 0 Å². The summed E-state index contributed by atoms with van der Waals surface area (Å²) in [5.74, 6) is -2.05. The molecule has 0 spiro atoms. The first-order valence-electron chi connectivity index (χ1n) is 4.82. The van der Waals surface area contributed by atoms with Crippen LogP contribution in [0.25, 0.3) is 11.1 Å². The van der Waals surface area contributed by atoms with Gasteiger partial charge in [-0.3, -0.25) is 0 Å². The van der Waals surface area contributed by atoms with Crippen LogP contribution in [0.5, 0.6) is 0 Å². The Morgan fingerprint density at radius 1 is 1.06 bits per heavy atom. The number of hydrogen-bond acceptors (Lipinski definition) is 0. The molecule has 0 fully saturated rings.